The van der Waals surface area contributed by atoms with E-state index in [0.29, 0.717) is 6.61 Å². The quantitative estimate of drug-likeness (QED) is 0.548. The van der Waals surface area contributed by atoms with E-state index in [-0.39, 0.29) is 24.1 Å². The third-order valence-electron chi connectivity index (χ3n) is 1.61. The highest BCUT2D eigenvalue weighted by atomic mass is 16.5. The molecule has 1 N–H and O–H groups in total. The van der Waals surface area contributed by atoms with E-state index in [1.54, 1.807) is 0 Å². The molecule has 1 heterocycles. The predicted molar refractivity (Wildman–Crippen MR) is 52.2 cm³/mol. The number of ketones is 1. The molecule has 1 aromatic heterocycles. The van der Waals surface area contributed by atoms with E-state index < -0.39 is 5.56 Å². The van der Waals surface area contributed by atoms with Crippen LogP contribution in [0.2, 0.25) is 0 Å². The molecule has 0 aromatic carbocycles. The third kappa shape index (κ3) is 3.51. The Hall–Kier alpha value is -1.69. The lowest BCUT2D eigenvalue weighted by Gasteiger charge is -2.04. The molecular formula is C9H12N2O4. The number of H-pyrrole nitrogens is 1. The zero-order valence-corrected chi connectivity index (χ0v) is 8.57. The maximum absolute atomic E-state index is 11.1. The molecule has 1 rings (SSSR count). The van der Waals surface area contributed by atoms with Crippen molar-refractivity contribution in [3.63, 3.8) is 0 Å². The largest absolute Gasteiger partial charge is 0.462 e. The highest BCUT2D eigenvalue weighted by Gasteiger charge is 2.05. The highest BCUT2D eigenvalue weighted by Crippen LogP contribution is 2.00. The van der Waals surface area contributed by atoms with Gasteiger partial charge in [-0.25, -0.2) is 0 Å². The molecule has 0 aliphatic heterocycles. The number of hydrogen-bond acceptors (Lipinski definition) is 5. The van der Waals surface area contributed by atoms with Crippen LogP contribution in [0.5, 0.6) is 6.01 Å². The lowest BCUT2D eigenvalue weighted by molar-refractivity contribution is 0.101. The summed E-state index contributed by atoms with van der Waals surface area (Å²) in [5.41, 5.74) is -0.325. The average Bonchev–Trinajstić information content (AvgIpc) is 2.17. The number of nitrogens with zero attached hydrogens (tertiary/aromatic N) is 1. The number of rotatable bonds is 5. The van der Waals surface area contributed by atoms with Crippen molar-refractivity contribution in [1.29, 1.82) is 0 Å². The second-order valence-corrected chi connectivity index (χ2v) is 2.83. The Labute approximate surface area is 86.2 Å². The third-order valence-corrected chi connectivity index (χ3v) is 1.61. The molecule has 0 saturated heterocycles. The first-order valence-electron chi connectivity index (χ1n) is 4.37. The Bertz CT molecular complexity index is 399. The zero-order valence-electron chi connectivity index (χ0n) is 8.57. The molecule has 6 nitrogen and oxygen atoms in total. The Kier molecular flexibility index (Phi) is 3.99. The van der Waals surface area contributed by atoms with E-state index in [0.717, 1.165) is 6.07 Å². The molecule has 0 spiro atoms. The predicted octanol–water partition coefficient (Wildman–Crippen LogP) is -0.00230. The van der Waals surface area contributed by atoms with Crippen molar-refractivity contribution in [3.05, 3.63) is 22.1 Å². The number of methoxy groups -OCH3 is 1. The van der Waals surface area contributed by atoms with Gasteiger partial charge >= 0.3 is 0 Å². The molecule has 0 atom stereocenters. The van der Waals surface area contributed by atoms with Gasteiger partial charge in [-0.05, 0) is 0 Å². The fraction of sp³-hybridized carbons (Fsp3) is 0.444. The van der Waals surface area contributed by atoms with Crippen LogP contribution in [0, 0.1) is 0 Å². The first-order valence-corrected chi connectivity index (χ1v) is 4.37. The van der Waals surface area contributed by atoms with Crippen molar-refractivity contribution in [2.24, 2.45) is 0 Å². The minimum atomic E-state index is -0.414. The van der Waals surface area contributed by atoms with Gasteiger partial charge in [-0.1, -0.05) is 0 Å². The van der Waals surface area contributed by atoms with Gasteiger partial charge in [-0.3, -0.25) is 14.6 Å². The standard InChI is InChI=1S/C9H12N2O4/c1-6(12)7-5-8(13)11-9(10-7)15-4-3-14-2/h5H,3-4H2,1-2H3,(H,10,11,13). The molecule has 0 unspecified atom stereocenters. The number of Topliss-reactive ketones (excluding diaryl/α,β-unsaturated/α-hetero) is 1. The summed E-state index contributed by atoms with van der Waals surface area (Å²) >= 11 is 0. The Morgan fingerprint density at radius 2 is 2.27 bits per heavy atom. The Balaban J connectivity index is 2.80. The summed E-state index contributed by atoms with van der Waals surface area (Å²) in [5, 5.41) is 0. The Morgan fingerprint density at radius 3 is 2.87 bits per heavy atom. The summed E-state index contributed by atoms with van der Waals surface area (Å²) in [6.45, 7) is 1.98. The van der Waals surface area contributed by atoms with Crippen LogP contribution >= 0.6 is 0 Å². The first-order chi connectivity index (χ1) is 7.13. The molecule has 0 fully saturated rings. The second-order valence-electron chi connectivity index (χ2n) is 2.83. The molecule has 1 aromatic rings. The van der Waals surface area contributed by atoms with E-state index in [1.807, 2.05) is 0 Å². The van der Waals surface area contributed by atoms with Gasteiger partial charge < -0.3 is 9.47 Å². The molecule has 0 aliphatic rings. The number of ether oxygens (including phenoxy) is 2. The van der Waals surface area contributed by atoms with Crippen LogP contribution in [0.15, 0.2) is 10.9 Å². The summed E-state index contributed by atoms with van der Waals surface area (Å²) < 4.78 is 9.83. The van der Waals surface area contributed by atoms with Gasteiger partial charge in [0.15, 0.2) is 5.78 Å². The van der Waals surface area contributed by atoms with Gasteiger partial charge in [0.1, 0.15) is 12.3 Å². The molecule has 82 valence electrons. The van der Waals surface area contributed by atoms with E-state index in [2.05, 4.69) is 9.97 Å². The molecule has 0 bridgehead atoms. The van der Waals surface area contributed by atoms with E-state index >= 15 is 0 Å². The first kappa shape index (κ1) is 11.4. The number of nitrogens with one attached hydrogen (secondary N) is 1. The molecule has 15 heavy (non-hydrogen) atoms. The van der Waals surface area contributed by atoms with E-state index in [4.69, 9.17) is 9.47 Å². The minimum Gasteiger partial charge on any atom is -0.462 e. The molecule has 0 amide bonds. The molecule has 0 saturated carbocycles. The normalized spacial score (nSPS) is 10.0. The highest BCUT2D eigenvalue weighted by molar-refractivity contribution is 5.91. The number of aromatic amines is 1. The van der Waals surface area contributed by atoms with Crippen molar-refractivity contribution < 1.29 is 14.3 Å². The number of carbonyl (C=O) groups is 1. The maximum Gasteiger partial charge on any atom is 0.297 e. The van der Waals surface area contributed by atoms with Crippen LogP contribution in [0.1, 0.15) is 17.4 Å². The van der Waals surface area contributed by atoms with Crippen molar-refractivity contribution in [1.82, 2.24) is 9.97 Å². The van der Waals surface area contributed by atoms with Gasteiger partial charge in [-0.2, -0.15) is 4.98 Å². The monoisotopic (exact) mass is 212 g/mol. The van der Waals surface area contributed by atoms with Gasteiger partial charge in [-0.15, -0.1) is 0 Å². The fourth-order valence-electron chi connectivity index (χ4n) is 0.906. The van der Waals surface area contributed by atoms with Gasteiger partial charge in [0.25, 0.3) is 11.6 Å². The van der Waals surface area contributed by atoms with Gasteiger partial charge in [0.2, 0.25) is 0 Å². The molecule has 6 heteroatoms. The molecular weight excluding hydrogens is 200 g/mol. The van der Waals surface area contributed by atoms with Crippen LogP contribution in [-0.4, -0.2) is 36.1 Å². The van der Waals surface area contributed by atoms with Crippen molar-refractivity contribution in [2.75, 3.05) is 20.3 Å². The molecule has 0 radical (unpaired) electrons. The lowest BCUT2D eigenvalue weighted by Crippen LogP contribution is -2.15. The summed E-state index contributed by atoms with van der Waals surface area (Å²) in [4.78, 5) is 28.3. The summed E-state index contributed by atoms with van der Waals surface area (Å²) in [5.74, 6) is -0.280. The average molecular weight is 212 g/mol. The van der Waals surface area contributed by atoms with Gasteiger partial charge in [0, 0.05) is 20.1 Å². The van der Waals surface area contributed by atoms with Crippen LogP contribution in [0.25, 0.3) is 0 Å². The second kappa shape index (κ2) is 5.26. The van der Waals surface area contributed by atoms with Crippen LogP contribution in [-0.2, 0) is 4.74 Å². The Morgan fingerprint density at radius 1 is 1.53 bits per heavy atom. The van der Waals surface area contributed by atoms with E-state index in [9.17, 15) is 9.59 Å². The smallest absolute Gasteiger partial charge is 0.297 e. The lowest BCUT2D eigenvalue weighted by atomic mass is 10.3. The molecule has 0 aliphatic carbocycles. The fourth-order valence-corrected chi connectivity index (χ4v) is 0.906. The SMILES string of the molecule is COCCOc1nc(C(C)=O)cc(=O)[nH]1. The van der Waals surface area contributed by atoms with Crippen molar-refractivity contribution in [3.8, 4) is 6.01 Å². The zero-order chi connectivity index (χ0) is 11.3. The number of hydrogen-bond donors (Lipinski definition) is 1. The number of aromatic nitrogens is 2. The van der Waals surface area contributed by atoms with Crippen molar-refractivity contribution in [2.45, 2.75) is 6.92 Å². The summed E-state index contributed by atoms with van der Waals surface area (Å²) in [6, 6.07) is 1.16. The summed E-state index contributed by atoms with van der Waals surface area (Å²) in [6.07, 6.45) is 0. The minimum absolute atomic E-state index is 0.0322. The maximum atomic E-state index is 11.1. The van der Waals surface area contributed by atoms with E-state index in [1.165, 1.54) is 14.0 Å². The van der Waals surface area contributed by atoms with Crippen LogP contribution < -0.4 is 10.3 Å². The summed E-state index contributed by atoms with van der Waals surface area (Å²) in [7, 11) is 1.53. The van der Waals surface area contributed by atoms with Crippen LogP contribution in [0.4, 0.5) is 0 Å². The topological polar surface area (TPSA) is 81.3 Å². The number of carbonyl (C=O) groups excluding carboxylic acids is 1. The van der Waals surface area contributed by atoms with Gasteiger partial charge in [0.05, 0.1) is 6.61 Å². The van der Waals surface area contributed by atoms with Crippen molar-refractivity contribution >= 4 is 5.78 Å². The van der Waals surface area contributed by atoms with Crippen LogP contribution in [0.3, 0.4) is 0 Å².